The number of carbonyl (C=O) groups is 2. The van der Waals surface area contributed by atoms with Crippen LogP contribution in [-0.4, -0.2) is 35.0 Å². The van der Waals surface area contributed by atoms with Crippen molar-refractivity contribution in [3.05, 3.63) is 65.7 Å². The Balaban J connectivity index is 2.04. The van der Waals surface area contributed by atoms with Crippen LogP contribution >= 0.6 is 0 Å². The highest BCUT2D eigenvalue weighted by molar-refractivity contribution is 7.85. The molecule has 28 heavy (non-hydrogen) atoms. The van der Waals surface area contributed by atoms with Gasteiger partial charge in [-0.1, -0.05) is 51.1 Å². The van der Waals surface area contributed by atoms with Crippen LogP contribution in [0.4, 0.5) is 0 Å². The zero-order valence-electron chi connectivity index (χ0n) is 16.7. The number of amides is 1. The van der Waals surface area contributed by atoms with Crippen molar-refractivity contribution in [3.8, 4) is 0 Å². The highest BCUT2D eigenvalue weighted by Crippen LogP contribution is 2.22. The maximum absolute atomic E-state index is 12.6. The average molecular weight is 402 g/mol. The molecule has 0 aliphatic heterocycles. The van der Waals surface area contributed by atoms with Crippen LogP contribution in [0.3, 0.4) is 0 Å². The normalized spacial score (nSPS) is 13.4. The molecule has 2 atom stereocenters. The number of nitrogens with one attached hydrogen (secondary N) is 1. The van der Waals surface area contributed by atoms with Crippen molar-refractivity contribution in [3.63, 3.8) is 0 Å². The van der Waals surface area contributed by atoms with Gasteiger partial charge in [-0.2, -0.15) is 0 Å². The second-order valence-electron chi connectivity index (χ2n) is 7.53. The maximum atomic E-state index is 12.6. The summed E-state index contributed by atoms with van der Waals surface area (Å²) < 4.78 is 17.2. The summed E-state index contributed by atoms with van der Waals surface area (Å²) >= 11 is 0. The number of rotatable bonds is 7. The van der Waals surface area contributed by atoms with E-state index >= 15 is 0 Å². The predicted molar refractivity (Wildman–Crippen MR) is 111 cm³/mol. The largest absolute Gasteiger partial charge is 0.467 e. The summed E-state index contributed by atoms with van der Waals surface area (Å²) in [6.45, 7) is 6.30. The highest BCUT2D eigenvalue weighted by atomic mass is 32.2. The van der Waals surface area contributed by atoms with Gasteiger partial charge in [0.15, 0.2) is 0 Å². The summed E-state index contributed by atoms with van der Waals surface area (Å²) in [5.74, 6) is -0.668. The van der Waals surface area contributed by atoms with Crippen molar-refractivity contribution >= 4 is 22.7 Å². The fourth-order valence-corrected chi connectivity index (χ4v) is 3.82. The van der Waals surface area contributed by atoms with Gasteiger partial charge in [0, 0.05) is 16.2 Å². The topological polar surface area (TPSA) is 72.5 Å². The Hall–Kier alpha value is -2.47. The molecule has 1 amide bonds. The van der Waals surface area contributed by atoms with Crippen molar-refractivity contribution in [1.29, 1.82) is 0 Å². The molecule has 6 heteroatoms. The molecule has 0 fully saturated rings. The van der Waals surface area contributed by atoms with Gasteiger partial charge in [0.1, 0.15) is 6.04 Å². The molecule has 0 unspecified atom stereocenters. The van der Waals surface area contributed by atoms with Crippen LogP contribution in [0.2, 0.25) is 0 Å². The lowest BCUT2D eigenvalue weighted by Gasteiger charge is -2.20. The Morgan fingerprint density at radius 3 is 2.18 bits per heavy atom. The molecular weight excluding hydrogens is 374 g/mol. The molecule has 0 aliphatic carbocycles. The minimum absolute atomic E-state index is 0.00887. The third-order valence-electron chi connectivity index (χ3n) is 4.40. The van der Waals surface area contributed by atoms with Crippen molar-refractivity contribution < 1.29 is 18.5 Å². The van der Waals surface area contributed by atoms with Gasteiger partial charge in [-0.3, -0.25) is 9.00 Å². The number of benzene rings is 2. The minimum atomic E-state index is -1.25. The lowest BCUT2D eigenvalue weighted by atomic mass is 9.86. The summed E-state index contributed by atoms with van der Waals surface area (Å²) in [5.41, 5.74) is 1.57. The van der Waals surface area contributed by atoms with Gasteiger partial charge in [-0.05, 0) is 41.7 Å². The molecule has 0 radical (unpaired) electrons. The van der Waals surface area contributed by atoms with Crippen LogP contribution in [0.25, 0.3) is 0 Å². The first-order valence-electron chi connectivity index (χ1n) is 9.15. The fraction of sp³-hybridized carbons (Fsp3) is 0.364. The Labute approximate surface area is 168 Å². The van der Waals surface area contributed by atoms with Crippen molar-refractivity contribution in [2.45, 2.75) is 43.5 Å². The molecule has 5 nitrogen and oxygen atoms in total. The van der Waals surface area contributed by atoms with Crippen LogP contribution < -0.4 is 5.32 Å². The molecule has 0 bridgehead atoms. The Morgan fingerprint density at radius 2 is 1.64 bits per heavy atom. The van der Waals surface area contributed by atoms with Crippen LogP contribution in [0.5, 0.6) is 0 Å². The second kappa shape index (κ2) is 9.64. The average Bonchev–Trinajstić information content (AvgIpc) is 2.70. The number of ether oxygens (including phenoxy) is 1. The van der Waals surface area contributed by atoms with E-state index < -0.39 is 22.8 Å². The fourth-order valence-electron chi connectivity index (χ4n) is 2.67. The van der Waals surface area contributed by atoms with Gasteiger partial charge >= 0.3 is 5.97 Å². The van der Waals surface area contributed by atoms with E-state index in [1.165, 1.54) is 7.11 Å². The SMILES string of the molecule is COC(=O)[C@H](CC[S@](=O)c1ccccc1)NC(=O)c1ccc(C(C)(C)C)cc1. The van der Waals surface area contributed by atoms with E-state index in [-0.39, 0.29) is 23.5 Å². The maximum Gasteiger partial charge on any atom is 0.328 e. The molecule has 0 saturated carbocycles. The Morgan fingerprint density at radius 1 is 1.04 bits per heavy atom. The summed E-state index contributed by atoms with van der Waals surface area (Å²) in [6, 6.07) is 15.5. The van der Waals surface area contributed by atoms with Gasteiger partial charge in [0.25, 0.3) is 5.91 Å². The molecule has 0 aliphatic rings. The minimum Gasteiger partial charge on any atom is -0.467 e. The molecule has 0 aromatic heterocycles. The van der Waals surface area contributed by atoms with E-state index in [1.807, 2.05) is 30.3 Å². The summed E-state index contributed by atoms with van der Waals surface area (Å²) in [5, 5.41) is 2.70. The second-order valence-corrected chi connectivity index (χ2v) is 9.10. The molecule has 2 aromatic rings. The van der Waals surface area contributed by atoms with E-state index in [4.69, 9.17) is 4.74 Å². The van der Waals surface area contributed by atoms with E-state index in [1.54, 1.807) is 24.3 Å². The number of methoxy groups -OCH3 is 1. The predicted octanol–water partition coefficient (Wildman–Crippen LogP) is 3.45. The highest BCUT2D eigenvalue weighted by Gasteiger charge is 2.23. The Bertz CT molecular complexity index is 826. The van der Waals surface area contributed by atoms with Crippen LogP contribution in [0.1, 0.15) is 43.1 Å². The third-order valence-corrected chi connectivity index (χ3v) is 5.81. The summed E-state index contributed by atoms with van der Waals surface area (Å²) in [4.78, 5) is 25.3. The zero-order chi connectivity index (χ0) is 20.7. The zero-order valence-corrected chi connectivity index (χ0v) is 17.5. The number of carbonyl (C=O) groups excluding carboxylic acids is 2. The first-order valence-corrected chi connectivity index (χ1v) is 10.5. The molecule has 1 N–H and O–H groups in total. The Kier molecular flexibility index (Phi) is 7.52. The van der Waals surface area contributed by atoms with Crippen molar-refractivity contribution in [2.75, 3.05) is 12.9 Å². The quantitative estimate of drug-likeness (QED) is 0.721. The summed E-state index contributed by atoms with van der Waals surface area (Å²) in [6.07, 6.45) is 0.222. The molecule has 150 valence electrons. The number of hydrogen-bond donors (Lipinski definition) is 1. The molecule has 2 aromatic carbocycles. The van der Waals surface area contributed by atoms with Gasteiger partial charge in [-0.15, -0.1) is 0 Å². The third kappa shape index (κ3) is 6.02. The van der Waals surface area contributed by atoms with Gasteiger partial charge in [0.05, 0.1) is 17.9 Å². The molecule has 2 rings (SSSR count). The van der Waals surface area contributed by atoms with Gasteiger partial charge in [-0.25, -0.2) is 4.79 Å². The van der Waals surface area contributed by atoms with E-state index in [0.29, 0.717) is 10.5 Å². The lowest BCUT2D eigenvalue weighted by molar-refractivity contribution is -0.142. The van der Waals surface area contributed by atoms with E-state index in [0.717, 1.165) is 5.56 Å². The van der Waals surface area contributed by atoms with E-state index in [2.05, 4.69) is 26.1 Å². The van der Waals surface area contributed by atoms with Gasteiger partial charge in [0.2, 0.25) is 0 Å². The van der Waals surface area contributed by atoms with Crippen LogP contribution in [0.15, 0.2) is 59.5 Å². The molecule has 0 heterocycles. The molecule has 0 spiro atoms. The van der Waals surface area contributed by atoms with Gasteiger partial charge < -0.3 is 10.1 Å². The van der Waals surface area contributed by atoms with Crippen molar-refractivity contribution in [2.24, 2.45) is 0 Å². The standard InChI is InChI=1S/C22H27NO4S/c1-22(2,3)17-12-10-16(11-13-17)20(24)23-19(21(25)27-4)14-15-28(26)18-8-6-5-7-9-18/h5-13,19H,14-15H2,1-4H3,(H,23,24)/t19-,28-/m0/s1. The lowest BCUT2D eigenvalue weighted by Crippen LogP contribution is -2.42. The summed E-state index contributed by atoms with van der Waals surface area (Å²) in [7, 11) is 0.0176. The monoisotopic (exact) mass is 401 g/mol. The number of esters is 1. The first-order chi connectivity index (χ1) is 13.2. The number of hydrogen-bond acceptors (Lipinski definition) is 4. The smallest absolute Gasteiger partial charge is 0.328 e. The van der Waals surface area contributed by atoms with E-state index in [9.17, 15) is 13.8 Å². The van der Waals surface area contributed by atoms with Crippen molar-refractivity contribution in [1.82, 2.24) is 5.32 Å². The molecule has 0 saturated heterocycles. The first kappa shape index (κ1) is 21.8. The van der Waals surface area contributed by atoms with Crippen LogP contribution in [-0.2, 0) is 25.7 Å². The molecular formula is C22H27NO4S. The van der Waals surface area contributed by atoms with Crippen LogP contribution in [0, 0.1) is 0 Å².